The summed E-state index contributed by atoms with van der Waals surface area (Å²) in [4.78, 5) is 0.149. The maximum absolute atomic E-state index is 11.6. The van der Waals surface area contributed by atoms with Crippen LogP contribution >= 0.6 is 15.9 Å². The van der Waals surface area contributed by atoms with E-state index in [0.29, 0.717) is 12.8 Å². The molecule has 0 atom stereocenters. The summed E-state index contributed by atoms with van der Waals surface area (Å²) < 4.78 is 28.9. The SMILES string of the molecule is C#CCCCOS(=O)(=O)c1ccc(Br)cc1. The van der Waals surface area contributed by atoms with Gasteiger partial charge < -0.3 is 0 Å². The largest absolute Gasteiger partial charge is 0.296 e. The average molecular weight is 303 g/mol. The van der Waals surface area contributed by atoms with E-state index in [-0.39, 0.29) is 11.5 Å². The minimum absolute atomic E-state index is 0.114. The molecule has 0 N–H and O–H groups in total. The molecule has 3 nitrogen and oxygen atoms in total. The van der Waals surface area contributed by atoms with Crippen molar-refractivity contribution in [2.45, 2.75) is 17.7 Å². The number of unbranched alkanes of at least 4 members (excludes halogenated alkanes) is 1. The Hall–Kier alpha value is -0.830. The van der Waals surface area contributed by atoms with Gasteiger partial charge in [-0.1, -0.05) is 15.9 Å². The lowest BCUT2D eigenvalue weighted by atomic mass is 10.3. The smallest absolute Gasteiger partial charge is 0.266 e. The Bertz CT molecular complexity index is 471. The van der Waals surface area contributed by atoms with Gasteiger partial charge in [0.1, 0.15) is 0 Å². The lowest BCUT2D eigenvalue weighted by Gasteiger charge is -2.04. The first-order valence-electron chi connectivity index (χ1n) is 4.65. The first-order chi connectivity index (χ1) is 7.56. The molecular formula is C11H11BrO3S. The number of hydrogen-bond donors (Lipinski definition) is 0. The monoisotopic (exact) mass is 302 g/mol. The molecule has 1 aromatic rings. The van der Waals surface area contributed by atoms with Crippen LogP contribution < -0.4 is 0 Å². The molecule has 86 valence electrons. The highest BCUT2D eigenvalue weighted by molar-refractivity contribution is 9.10. The van der Waals surface area contributed by atoms with Crippen molar-refractivity contribution in [1.29, 1.82) is 0 Å². The van der Waals surface area contributed by atoms with Gasteiger partial charge in [-0.15, -0.1) is 12.3 Å². The summed E-state index contributed by atoms with van der Waals surface area (Å²) in [5.41, 5.74) is 0. The molecule has 0 aliphatic rings. The Kier molecular flexibility index (Phi) is 5.00. The number of rotatable bonds is 5. The molecule has 0 aliphatic carbocycles. The predicted molar refractivity (Wildman–Crippen MR) is 65.3 cm³/mol. The summed E-state index contributed by atoms with van der Waals surface area (Å²) in [6, 6.07) is 6.27. The van der Waals surface area contributed by atoms with Crippen LogP contribution in [0.3, 0.4) is 0 Å². The Morgan fingerprint density at radius 3 is 2.50 bits per heavy atom. The van der Waals surface area contributed by atoms with Crippen molar-refractivity contribution >= 4 is 26.0 Å². The standard InChI is InChI=1S/C11H11BrO3S/c1-2-3-4-9-15-16(13,14)11-7-5-10(12)6-8-11/h1,5-8H,3-4,9H2. The van der Waals surface area contributed by atoms with Gasteiger partial charge in [-0.3, -0.25) is 4.18 Å². The van der Waals surface area contributed by atoms with E-state index >= 15 is 0 Å². The van der Waals surface area contributed by atoms with Crippen molar-refractivity contribution < 1.29 is 12.6 Å². The molecule has 16 heavy (non-hydrogen) atoms. The predicted octanol–water partition coefficient (Wildman–Crippen LogP) is 2.57. The van der Waals surface area contributed by atoms with Crippen molar-refractivity contribution in [3.8, 4) is 12.3 Å². The molecule has 0 heterocycles. The average Bonchev–Trinajstić information content (AvgIpc) is 2.25. The second-order valence-corrected chi connectivity index (χ2v) is 5.57. The van der Waals surface area contributed by atoms with E-state index in [1.54, 1.807) is 12.1 Å². The van der Waals surface area contributed by atoms with Crippen LogP contribution in [0.4, 0.5) is 0 Å². The van der Waals surface area contributed by atoms with E-state index in [1.165, 1.54) is 12.1 Å². The van der Waals surface area contributed by atoms with Crippen LogP contribution in [0.5, 0.6) is 0 Å². The molecule has 0 aromatic heterocycles. The molecular weight excluding hydrogens is 292 g/mol. The fraction of sp³-hybridized carbons (Fsp3) is 0.273. The molecule has 5 heteroatoms. The highest BCUT2D eigenvalue weighted by Crippen LogP contribution is 2.16. The van der Waals surface area contributed by atoms with E-state index in [4.69, 9.17) is 10.6 Å². The summed E-state index contributed by atoms with van der Waals surface area (Å²) in [5, 5.41) is 0. The number of hydrogen-bond acceptors (Lipinski definition) is 3. The maximum Gasteiger partial charge on any atom is 0.296 e. The first-order valence-corrected chi connectivity index (χ1v) is 6.85. The zero-order valence-corrected chi connectivity index (χ0v) is 10.9. The third-order valence-corrected chi connectivity index (χ3v) is 3.66. The van der Waals surface area contributed by atoms with E-state index in [2.05, 4.69) is 21.9 Å². The highest BCUT2D eigenvalue weighted by Gasteiger charge is 2.13. The molecule has 0 unspecified atom stereocenters. The normalized spacial score (nSPS) is 11.0. The molecule has 0 aliphatic heterocycles. The van der Waals surface area contributed by atoms with Crippen LogP contribution in [0.1, 0.15) is 12.8 Å². The van der Waals surface area contributed by atoms with Gasteiger partial charge in [0.25, 0.3) is 10.1 Å². The van der Waals surface area contributed by atoms with Crippen LogP contribution in [-0.4, -0.2) is 15.0 Å². The maximum atomic E-state index is 11.6. The fourth-order valence-corrected chi connectivity index (χ4v) is 2.22. The molecule has 1 rings (SSSR count). The molecule has 0 spiro atoms. The Morgan fingerprint density at radius 1 is 1.31 bits per heavy atom. The lowest BCUT2D eigenvalue weighted by molar-refractivity contribution is 0.314. The third kappa shape index (κ3) is 3.97. The highest BCUT2D eigenvalue weighted by atomic mass is 79.9. The second-order valence-electron chi connectivity index (χ2n) is 3.04. The molecule has 0 fully saturated rings. The van der Waals surface area contributed by atoms with Crippen LogP contribution in [-0.2, 0) is 14.3 Å². The minimum atomic E-state index is -3.65. The van der Waals surface area contributed by atoms with Crippen LogP contribution in [0.25, 0.3) is 0 Å². The van der Waals surface area contributed by atoms with E-state index in [1.807, 2.05) is 0 Å². The van der Waals surface area contributed by atoms with Crippen LogP contribution in [0.2, 0.25) is 0 Å². The van der Waals surface area contributed by atoms with Gasteiger partial charge in [-0.25, -0.2) is 0 Å². The third-order valence-electron chi connectivity index (χ3n) is 1.81. The molecule has 0 saturated carbocycles. The van der Waals surface area contributed by atoms with Gasteiger partial charge in [0.05, 0.1) is 11.5 Å². The Morgan fingerprint density at radius 2 is 1.94 bits per heavy atom. The van der Waals surface area contributed by atoms with Gasteiger partial charge in [0.2, 0.25) is 0 Å². The number of benzene rings is 1. The summed E-state index contributed by atoms with van der Waals surface area (Å²) in [5.74, 6) is 2.42. The molecule has 1 aromatic carbocycles. The number of terminal acetylenes is 1. The summed E-state index contributed by atoms with van der Waals surface area (Å²) in [6.45, 7) is 0.114. The zero-order valence-electron chi connectivity index (χ0n) is 8.52. The minimum Gasteiger partial charge on any atom is -0.266 e. The van der Waals surface area contributed by atoms with Crippen LogP contribution in [0, 0.1) is 12.3 Å². The zero-order chi connectivity index (χ0) is 12.0. The lowest BCUT2D eigenvalue weighted by Crippen LogP contribution is -2.07. The van der Waals surface area contributed by atoms with Gasteiger partial charge in [0.15, 0.2) is 0 Å². The summed E-state index contributed by atoms with van der Waals surface area (Å²) in [6.07, 6.45) is 6.09. The fourth-order valence-electron chi connectivity index (χ4n) is 1.01. The van der Waals surface area contributed by atoms with Crippen LogP contribution in [0.15, 0.2) is 33.6 Å². The summed E-state index contributed by atoms with van der Waals surface area (Å²) >= 11 is 3.23. The second kappa shape index (κ2) is 6.04. The first kappa shape index (κ1) is 13.2. The quantitative estimate of drug-likeness (QED) is 0.477. The Labute approximate surface area is 104 Å². The van der Waals surface area contributed by atoms with Crippen molar-refractivity contribution in [3.63, 3.8) is 0 Å². The van der Waals surface area contributed by atoms with Gasteiger partial charge in [-0.2, -0.15) is 8.42 Å². The topological polar surface area (TPSA) is 43.4 Å². The van der Waals surface area contributed by atoms with Gasteiger partial charge >= 0.3 is 0 Å². The van der Waals surface area contributed by atoms with Crippen molar-refractivity contribution in [3.05, 3.63) is 28.7 Å². The molecule has 0 amide bonds. The van der Waals surface area contributed by atoms with Gasteiger partial charge in [-0.05, 0) is 30.7 Å². The van der Waals surface area contributed by atoms with Crippen molar-refractivity contribution in [2.24, 2.45) is 0 Å². The van der Waals surface area contributed by atoms with E-state index in [0.717, 1.165) is 4.47 Å². The molecule has 0 radical (unpaired) electrons. The van der Waals surface area contributed by atoms with Crippen molar-refractivity contribution in [1.82, 2.24) is 0 Å². The van der Waals surface area contributed by atoms with E-state index < -0.39 is 10.1 Å². The molecule has 0 bridgehead atoms. The van der Waals surface area contributed by atoms with Crippen molar-refractivity contribution in [2.75, 3.05) is 6.61 Å². The molecule has 0 saturated heterocycles. The summed E-state index contributed by atoms with van der Waals surface area (Å²) in [7, 11) is -3.65. The van der Waals surface area contributed by atoms with E-state index in [9.17, 15) is 8.42 Å². The Balaban J connectivity index is 2.64. The van der Waals surface area contributed by atoms with Gasteiger partial charge in [0, 0.05) is 10.9 Å². The number of halogens is 1.